The van der Waals surface area contributed by atoms with Crippen LogP contribution in [0.3, 0.4) is 0 Å². The van der Waals surface area contributed by atoms with Gasteiger partial charge < -0.3 is 41.2 Å². The van der Waals surface area contributed by atoms with Gasteiger partial charge in [0.25, 0.3) is 5.91 Å². The van der Waals surface area contributed by atoms with E-state index in [1.807, 2.05) is 11.0 Å². The number of carbonyl (C=O) groups is 3. The van der Waals surface area contributed by atoms with Gasteiger partial charge in [-0.2, -0.15) is 4.98 Å². The molecular formula is C26H29N7O6. The average molecular weight is 536 g/mol. The van der Waals surface area contributed by atoms with E-state index in [0.29, 0.717) is 35.8 Å². The monoisotopic (exact) mass is 535 g/mol. The van der Waals surface area contributed by atoms with E-state index < -0.39 is 5.91 Å². The fourth-order valence-electron chi connectivity index (χ4n) is 4.24. The van der Waals surface area contributed by atoms with Crippen molar-refractivity contribution in [2.45, 2.75) is 25.8 Å². The summed E-state index contributed by atoms with van der Waals surface area (Å²) < 4.78 is 16.7. The normalized spacial score (nSPS) is 14.4. The zero-order valence-corrected chi connectivity index (χ0v) is 21.7. The maximum atomic E-state index is 12.1. The molecule has 1 fully saturated rings. The lowest BCUT2D eigenvalue weighted by Gasteiger charge is -2.25. The van der Waals surface area contributed by atoms with Crippen LogP contribution in [0.25, 0.3) is 0 Å². The fraction of sp³-hybridized carbons (Fsp3) is 0.269. The van der Waals surface area contributed by atoms with Gasteiger partial charge in [-0.1, -0.05) is 0 Å². The minimum absolute atomic E-state index is 0.0704. The first-order valence-electron chi connectivity index (χ1n) is 12.0. The summed E-state index contributed by atoms with van der Waals surface area (Å²) in [6.07, 6.45) is 2.78. The summed E-state index contributed by atoms with van der Waals surface area (Å²) in [6.45, 7) is 2.05. The molecule has 13 heteroatoms. The van der Waals surface area contributed by atoms with E-state index >= 15 is 0 Å². The summed E-state index contributed by atoms with van der Waals surface area (Å²) in [7, 11) is 3.00. The fourth-order valence-corrected chi connectivity index (χ4v) is 4.24. The number of amides is 3. The number of rotatable bonds is 10. The number of hydrogen-bond donors (Lipinski definition) is 4. The largest absolute Gasteiger partial charge is 0.497 e. The summed E-state index contributed by atoms with van der Waals surface area (Å²) in [6, 6.07) is 9.75. The van der Waals surface area contributed by atoms with E-state index in [4.69, 9.17) is 25.7 Å². The van der Waals surface area contributed by atoms with Crippen LogP contribution in [0.1, 0.15) is 30.1 Å². The first-order valence-corrected chi connectivity index (χ1v) is 12.0. The molecule has 3 aromatic rings. The Kier molecular flexibility index (Phi) is 7.98. The second-order valence-corrected chi connectivity index (χ2v) is 8.69. The molecule has 204 valence electrons. The Hall–Kier alpha value is -5.07. The highest BCUT2D eigenvalue weighted by Gasteiger charge is 2.29. The Bertz CT molecular complexity index is 1410. The minimum Gasteiger partial charge on any atom is -0.497 e. The summed E-state index contributed by atoms with van der Waals surface area (Å²) in [5, 5.41) is 5.71. The lowest BCUT2D eigenvalue weighted by Crippen LogP contribution is -2.40. The molecular weight excluding hydrogens is 506 g/mol. The van der Waals surface area contributed by atoms with E-state index in [-0.39, 0.29) is 41.0 Å². The second kappa shape index (κ2) is 11.5. The van der Waals surface area contributed by atoms with Gasteiger partial charge in [0.05, 0.1) is 25.6 Å². The number of aromatic nitrogens is 2. The highest BCUT2D eigenvalue weighted by Crippen LogP contribution is 2.36. The van der Waals surface area contributed by atoms with Crippen LogP contribution < -0.4 is 41.2 Å². The Labute approximate surface area is 224 Å². The van der Waals surface area contributed by atoms with Crippen LogP contribution >= 0.6 is 0 Å². The van der Waals surface area contributed by atoms with Gasteiger partial charge in [-0.05, 0) is 37.1 Å². The number of nitrogens with one attached hydrogen (secondary N) is 2. The van der Waals surface area contributed by atoms with Crippen LogP contribution in [-0.4, -0.2) is 54.5 Å². The van der Waals surface area contributed by atoms with Crippen molar-refractivity contribution in [1.29, 1.82) is 0 Å². The number of benzene rings is 2. The predicted molar refractivity (Wildman–Crippen MR) is 144 cm³/mol. The van der Waals surface area contributed by atoms with Crippen molar-refractivity contribution in [2.24, 2.45) is 11.5 Å². The zero-order chi connectivity index (χ0) is 28.1. The molecule has 1 aromatic heterocycles. The number of ether oxygens (including phenoxy) is 3. The number of primary amides is 2. The molecule has 39 heavy (non-hydrogen) atoms. The highest BCUT2D eigenvalue weighted by atomic mass is 16.5. The molecule has 0 bridgehead atoms. The number of methoxy groups -OCH3 is 2. The van der Waals surface area contributed by atoms with Gasteiger partial charge in [0.15, 0.2) is 5.75 Å². The van der Waals surface area contributed by atoms with E-state index in [2.05, 4.69) is 20.6 Å². The Balaban J connectivity index is 1.64. The standard InChI is InChI=1S/C26H29N7O6/c1-14(34)30-19-12-16(37-2)7-9-21(19)39-25-17(23(27)35)13-29-26(32-25)31-18-8-6-15(11-22(18)38-3)33-10-4-5-20(33)24(28)36/h6-9,11-13,20H,4-5,10H2,1-3H3,(H2,27,35)(H2,28,36)(H,30,34)(H,29,31,32)/t20-/m0/s1. The average Bonchev–Trinajstić information content (AvgIpc) is 3.40. The van der Waals surface area contributed by atoms with Crippen molar-refractivity contribution < 1.29 is 28.6 Å². The molecule has 13 nitrogen and oxygen atoms in total. The van der Waals surface area contributed by atoms with Crippen LogP contribution in [0, 0.1) is 0 Å². The second-order valence-electron chi connectivity index (χ2n) is 8.69. The SMILES string of the molecule is COc1ccc(Oc2nc(Nc3ccc(N4CCC[C@H]4C(N)=O)cc3OC)ncc2C(N)=O)c(NC(C)=O)c1. The van der Waals surface area contributed by atoms with E-state index in [9.17, 15) is 14.4 Å². The molecule has 0 saturated carbocycles. The van der Waals surface area contributed by atoms with Crippen molar-refractivity contribution in [3.63, 3.8) is 0 Å². The quantitative estimate of drug-likeness (QED) is 0.301. The summed E-state index contributed by atoms with van der Waals surface area (Å²) >= 11 is 0. The number of anilines is 4. The van der Waals surface area contributed by atoms with Crippen LogP contribution in [-0.2, 0) is 9.59 Å². The van der Waals surface area contributed by atoms with Crippen molar-refractivity contribution in [1.82, 2.24) is 9.97 Å². The van der Waals surface area contributed by atoms with Gasteiger partial charge in [-0.3, -0.25) is 14.4 Å². The molecule has 2 heterocycles. The van der Waals surface area contributed by atoms with Gasteiger partial charge in [-0.25, -0.2) is 4.98 Å². The van der Waals surface area contributed by atoms with E-state index in [0.717, 1.165) is 12.1 Å². The molecule has 0 radical (unpaired) electrons. The lowest BCUT2D eigenvalue weighted by atomic mass is 10.2. The van der Waals surface area contributed by atoms with Crippen LogP contribution in [0.15, 0.2) is 42.6 Å². The van der Waals surface area contributed by atoms with E-state index in [1.165, 1.54) is 27.3 Å². The third-order valence-corrected chi connectivity index (χ3v) is 6.07. The lowest BCUT2D eigenvalue weighted by molar-refractivity contribution is -0.119. The van der Waals surface area contributed by atoms with Gasteiger partial charge in [0.1, 0.15) is 23.1 Å². The molecule has 2 aromatic carbocycles. The van der Waals surface area contributed by atoms with Crippen molar-refractivity contribution in [3.05, 3.63) is 48.2 Å². The number of carbonyl (C=O) groups excluding carboxylic acids is 3. The van der Waals surface area contributed by atoms with Gasteiger partial charge in [0, 0.05) is 37.5 Å². The number of hydrogen-bond acceptors (Lipinski definition) is 10. The Morgan fingerprint density at radius 1 is 1.03 bits per heavy atom. The van der Waals surface area contributed by atoms with Crippen LogP contribution in [0.4, 0.5) is 23.0 Å². The third-order valence-electron chi connectivity index (χ3n) is 6.07. The van der Waals surface area contributed by atoms with Gasteiger partial charge in [-0.15, -0.1) is 0 Å². The predicted octanol–water partition coefficient (Wildman–Crippen LogP) is 2.54. The Morgan fingerprint density at radius 3 is 2.49 bits per heavy atom. The first kappa shape index (κ1) is 27.0. The summed E-state index contributed by atoms with van der Waals surface area (Å²) in [4.78, 5) is 46.1. The number of nitrogens with two attached hydrogens (primary N) is 2. The molecule has 1 aliphatic rings. The number of nitrogens with zero attached hydrogens (tertiary/aromatic N) is 3. The maximum Gasteiger partial charge on any atom is 0.255 e. The minimum atomic E-state index is -0.803. The summed E-state index contributed by atoms with van der Waals surface area (Å²) in [5.41, 5.74) is 12.6. The van der Waals surface area contributed by atoms with E-state index in [1.54, 1.807) is 30.3 Å². The van der Waals surface area contributed by atoms with Gasteiger partial charge >= 0.3 is 0 Å². The molecule has 6 N–H and O–H groups in total. The van der Waals surface area contributed by atoms with Gasteiger partial charge in [0.2, 0.25) is 23.6 Å². The third kappa shape index (κ3) is 6.09. The highest BCUT2D eigenvalue weighted by molar-refractivity contribution is 5.95. The maximum absolute atomic E-state index is 12.1. The molecule has 0 unspecified atom stereocenters. The first-order chi connectivity index (χ1) is 18.7. The molecule has 0 aliphatic carbocycles. The van der Waals surface area contributed by atoms with Crippen molar-refractivity contribution in [3.8, 4) is 23.1 Å². The molecule has 3 amide bonds. The smallest absolute Gasteiger partial charge is 0.255 e. The molecule has 1 aliphatic heterocycles. The summed E-state index contributed by atoms with van der Waals surface area (Å²) in [5.74, 6) is -0.394. The topological polar surface area (TPSA) is 184 Å². The van der Waals surface area contributed by atoms with Crippen LogP contribution in [0.2, 0.25) is 0 Å². The Morgan fingerprint density at radius 2 is 1.82 bits per heavy atom. The molecule has 4 rings (SSSR count). The van der Waals surface area contributed by atoms with Crippen molar-refractivity contribution in [2.75, 3.05) is 36.3 Å². The van der Waals surface area contributed by atoms with Crippen LogP contribution in [0.5, 0.6) is 23.1 Å². The molecule has 1 saturated heterocycles. The molecule has 0 spiro atoms. The zero-order valence-electron chi connectivity index (χ0n) is 21.7. The van der Waals surface area contributed by atoms with Crippen molar-refractivity contribution >= 4 is 40.7 Å². The molecule has 1 atom stereocenters.